The predicted molar refractivity (Wildman–Crippen MR) is 124 cm³/mol. The molecule has 1 aromatic carbocycles. The topological polar surface area (TPSA) is 133 Å². The fraction of sp³-hybridized carbons (Fsp3) is 0.600. The normalized spacial score (nSPS) is 23.3. The van der Waals surface area contributed by atoms with Gasteiger partial charge < -0.3 is 33.2 Å². The molecule has 1 fully saturated rings. The lowest BCUT2D eigenvalue weighted by Gasteiger charge is -2.44. The molecule has 1 aromatic rings. The van der Waals surface area contributed by atoms with Gasteiger partial charge in [-0.25, -0.2) is 0 Å². The fourth-order valence-electron chi connectivity index (χ4n) is 3.91. The van der Waals surface area contributed by atoms with Gasteiger partial charge in [0.15, 0.2) is 12.2 Å². The minimum absolute atomic E-state index is 0.335. The quantitative estimate of drug-likeness (QED) is 0.358. The number of hydrogen-bond acceptors (Lipinski definition) is 11. The first-order valence-electron chi connectivity index (χ1n) is 11.6. The minimum Gasteiger partial charge on any atom is -0.494 e. The molecule has 2 rings (SSSR count). The van der Waals surface area contributed by atoms with Gasteiger partial charge in [0.05, 0.1) is 6.61 Å². The summed E-state index contributed by atoms with van der Waals surface area (Å²) in [6.07, 6.45) is -6.27. The molecule has 0 bridgehead atoms. The lowest BCUT2D eigenvalue weighted by atomic mass is 9.97. The molecule has 1 aliphatic rings. The lowest BCUT2D eigenvalue weighted by Crippen LogP contribution is -2.63. The van der Waals surface area contributed by atoms with Gasteiger partial charge in [0.1, 0.15) is 24.2 Å². The molecule has 1 aliphatic heterocycles. The Balaban J connectivity index is 2.56. The third-order valence-corrected chi connectivity index (χ3v) is 5.46. The molecule has 0 unspecified atom stereocenters. The molecule has 0 radical (unpaired) electrons. The SMILES string of the molecule is CCOc1cc(C)c(O[C@H]2O[C@H](COC(C)=O)[C@@H](OC(C)=O)[C@H](OC(C)=O)[C@H]2OC(C)=O)c(C)c1C. The van der Waals surface area contributed by atoms with Crippen LogP contribution in [0.25, 0.3) is 0 Å². The zero-order chi connectivity index (χ0) is 27.2. The molecular weight excluding hydrogens is 476 g/mol. The summed E-state index contributed by atoms with van der Waals surface area (Å²) >= 11 is 0. The molecule has 5 atom stereocenters. The van der Waals surface area contributed by atoms with Crippen molar-refractivity contribution in [3.05, 3.63) is 22.8 Å². The highest BCUT2D eigenvalue weighted by Crippen LogP contribution is 2.37. The first kappa shape index (κ1) is 28.9. The second-order valence-corrected chi connectivity index (χ2v) is 8.39. The summed E-state index contributed by atoms with van der Waals surface area (Å²) in [6.45, 7) is 12.3. The highest BCUT2D eigenvalue weighted by Gasteiger charge is 2.53. The van der Waals surface area contributed by atoms with Crippen molar-refractivity contribution in [2.45, 2.75) is 86.1 Å². The maximum absolute atomic E-state index is 12.0. The Labute approximate surface area is 210 Å². The summed E-state index contributed by atoms with van der Waals surface area (Å²) in [7, 11) is 0. The van der Waals surface area contributed by atoms with Crippen LogP contribution in [-0.4, -0.2) is 67.8 Å². The number of aryl methyl sites for hydroxylation is 1. The van der Waals surface area contributed by atoms with E-state index in [9.17, 15) is 19.2 Å². The van der Waals surface area contributed by atoms with Crippen LogP contribution in [0.2, 0.25) is 0 Å². The zero-order valence-corrected chi connectivity index (χ0v) is 21.9. The van der Waals surface area contributed by atoms with Crippen LogP contribution in [0.5, 0.6) is 11.5 Å². The molecule has 11 nitrogen and oxygen atoms in total. The highest BCUT2D eigenvalue weighted by atomic mass is 16.7. The maximum Gasteiger partial charge on any atom is 0.303 e. The third-order valence-electron chi connectivity index (χ3n) is 5.46. The average molecular weight is 511 g/mol. The Kier molecular flexibility index (Phi) is 10.1. The van der Waals surface area contributed by atoms with E-state index in [4.69, 9.17) is 33.2 Å². The van der Waals surface area contributed by atoms with E-state index in [1.165, 1.54) is 13.8 Å². The second kappa shape index (κ2) is 12.6. The molecule has 11 heteroatoms. The number of benzene rings is 1. The maximum atomic E-state index is 12.0. The van der Waals surface area contributed by atoms with E-state index in [1.54, 1.807) is 0 Å². The first-order chi connectivity index (χ1) is 16.8. The van der Waals surface area contributed by atoms with Gasteiger partial charge in [0.25, 0.3) is 0 Å². The van der Waals surface area contributed by atoms with Gasteiger partial charge in [-0.3, -0.25) is 19.2 Å². The number of rotatable bonds is 9. The standard InChI is InChI=1S/C25H34O11/c1-9-30-19-10-12(2)21(14(4)13(19)3)36-25-24(34-18(8)29)23(33-17(7)28)22(32-16(6)27)20(35-25)11-31-15(5)26/h10,20,22-25H,9,11H2,1-8H3/t20-,22-,23+,24-,25-/m1/s1. The van der Waals surface area contributed by atoms with Crippen LogP contribution in [0.15, 0.2) is 6.07 Å². The lowest BCUT2D eigenvalue weighted by molar-refractivity contribution is -0.288. The molecule has 0 aromatic heterocycles. The number of carbonyl (C=O) groups is 4. The van der Waals surface area contributed by atoms with E-state index >= 15 is 0 Å². The Morgan fingerprint density at radius 2 is 1.36 bits per heavy atom. The molecule has 200 valence electrons. The van der Waals surface area contributed by atoms with Gasteiger partial charge in [-0.05, 0) is 50.5 Å². The van der Waals surface area contributed by atoms with Crippen LogP contribution >= 0.6 is 0 Å². The van der Waals surface area contributed by atoms with E-state index in [0.29, 0.717) is 18.1 Å². The molecular formula is C25H34O11. The minimum atomic E-state index is -1.31. The number of esters is 4. The summed E-state index contributed by atoms with van der Waals surface area (Å²) in [4.78, 5) is 47.3. The second-order valence-electron chi connectivity index (χ2n) is 8.39. The average Bonchev–Trinajstić information content (AvgIpc) is 2.76. The fourth-order valence-corrected chi connectivity index (χ4v) is 3.91. The van der Waals surface area contributed by atoms with Crippen LogP contribution in [0.3, 0.4) is 0 Å². The molecule has 1 saturated heterocycles. The monoisotopic (exact) mass is 510 g/mol. The summed E-state index contributed by atoms with van der Waals surface area (Å²) in [6, 6.07) is 1.81. The molecule has 1 heterocycles. The Morgan fingerprint density at radius 3 is 1.89 bits per heavy atom. The van der Waals surface area contributed by atoms with Crippen molar-refractivity contribution < 1.29 is 52.3 Å². The van der Waals surface area contributed by atoms with Crippen LogP contribution in [-0.2, 0) is 42.9 Å². The van der Waals surface area contributed by atoms with Gasteiger partial charge >= 0.3 is 23.9 Å². The molecule has 0 aliphatic carbocycles. The molecule has 0 amide bonds. The van der Waals surface area contributed by atoms with Gasteiger partial charge in [-0.1, -0.05) is 0 Å². The third kappa shape index (κ3) is 7.33. The number of ether oxygens (including phenoxy) is 7. The van der Waals surface area contributed by atoms with Crippen molar-refractivity contribution in [2.24, 2.45) is 0 Å². The highest BCUT2D eigenvalue weighted by molar-refractivity contribution is 5.68. The Hall–Kier alpha value is -3.34. The van der Waals surface area contributed by atoms with Crippen molar-refractivity contribution >= 4 is 23.9 Å². The van der Waals surface area contributed by atoms with E-state index in [1.807, 2.05) is 33.8 Å². The van der Waals surface area contributed by atoms with E-state index in [-0.39, 0.29) is 6.61 Å². The van der Waals surface area contributed by atoms with Crippen molar-refractivity contribution in [2.75, 3.05) is 13.2 Å². The van der Waals surface area contributed by atoms with Crippen LogP contribution < -0.4 is 9.47 Å². The van der Waals surface area contributed by atoms with Crippen LogP contribution in [0.4, 0.5) is 0 Å². The van der Waals surface area contributed by atoms with Gasteiger partial charge in [-0.15, -0.1) is 0 Å². The van der Waals surface area contributed by atoms with Crippen molar-refractivity contribution in [1.82, 2.24) is 0 Å². The van der Waals surface area contributed by atoms with Gasteiger partial charge in [-0.2, -0.15) is 0 Å². The predicted octanol–water partition coefficient (Wildman–Crippen LogP) is 2.47. The van der Waals surface area contributed by atoms with Crippen molar-refractivity contribution in [1.29, 1.82) is 0 Å². The van der Waals surface area contributed by atoms with Crippen LogP contribution in [0, 0.1) is 20.8 Å². The summed E-state index contributed by atoms with van der Waals surface area (Å²) < 4.78 is 39.3. The van der Waals surface area contributed by atoms with Gasteiger partial charge in [0, 0.05) is 27.7 Å². The van der Waals surface area contributed by atoms with E-state index in [0.717, 1.165) is 30.5 Å². The summed E-state index contributed by atoms with van der Waals surface area (Å²) in [5, 5.41) is 0. The Morgan fingerprint density at radius 1 is 0.806 bits per heavy atom. The summed E-state index contributed by atoms with van der Waals surface area (Å²) in [5.41, 5.74) is 2.31. The Bertz CT molecular complexity index is 987. The van der Waals surface area contributed by atoms with E-state index < -0.39 is 54.6 Å². The molecule has 0 spiro atoms. The smallest absolute Gasteiger partial charge is 0.303 e. The van der Waals surface area contributed by atoms with Gasteiger partial charge in [0.2, 0.25) is 12.4 Å². The number of carbonyl (C=O) groups excluding carboxylic acids is 4. The molecule has 0 N–H and O–H groups in total. The first-order valence-corrected chi connectivity index (χ1v) is 11.6. The van der Waals surface area contributed by atoms with Crippen LogP contribution in [0.1, 0.15) is 51.3 Å². The summed E-state index contributed by atoms with van der Waals surface area (Å²) in [5.74, 6) is -1.59. The van der Waals surface area contributed by atoms with E-state index in [2.05, 4.69) is 0 Å². The van der Waals surface area contributed by atoms with Crippen molar-refractivity contribution in [3.8, 4) is 11.5 Å². The zero-order valence-electron chi connectivity index (χ0n) is 21.9. The largest absolute Gasteiger partial charge is 0.494 e. The molecule has 36 heavy (non-hydrogen) atoms. The number of hydrogen-bond donors (Lipinski definition) is 0. The van der Waals surface area contributed by atoms with Crippen molar-refractivity contribution in [3.63, 3.8) is 0 Å². The molecule has 0 saturated carbocycles.